The number of aryl methyl sites for hydroxylation is 1. The highest BCUT2D eigenvalue weighted by molar-refractivity contribution is 5.92. The minimum atomic E-state index is -4.51. The second-order valence-electron chi connectivity index (χ2n) is 5.77. The van der Waals surface area contributed by atoms with Gasteiger partial charge in [0.25, 0.3) is 5.91 Å². The lowest BCUT2D eigenvalue weighted by molar-refractivity contribution is -0.141. The zero-order chi connectivity index (χ0) is 18.0. The van der Waals surface area contributed by atoms with Crippen molar-refractivity contribution in [1.29, 1.82) is 0 Å². The van der Waals surface area contributed by atoms with Crippen molar-refractivity contribution >= 4 is 11.7 Å². The van der Waals surface area contributed by atoms with Gasteiger partial charge in [-0.3, -0.25) is 9.48 Å². The standard InChI is InChI=1S/C15H17F3N6O/c1-22-6-3-11(21-22)14(25)24-5-2-4-23(7-8-24)13-9-12(15(16,17)18)19-10-20-13/h3,6,9-10H,2,4-5,7-8H2,1H3. The van der Waals surface area contributed by atoms with E-state index in [1.54, 1.807) is 33.8 Å². The molecule has 134 valence electrons. The van der Waals surface area contributed by atoms with E-state index in [-0.39, 0.29) is 11.7 Å². The monoisotopic (exact) mass is 354 g/mol. The summed E-state index contributed by atoms with van der Waals surface area (Å²) in [5.74, 6) is 0.0376. The van der Waals surface area contributed by atoms with Crippen molar-refractivity contribution in [2.24, 2.45) is 7.05 Å². The van der Waals surface area contributed by atoms with Gasteiger partial charge >= 0.3 is 6.18 Å². The van der Waals surface area contributed by atoms with E-state index >= 15 is 0 Å². The number of alkyl halides is 3. The number of carbonyl (C=O) groups is 1. The number of hydrogen-bond acceptors (Lipinski definition) is 5. The van der Waals surface area contributed by atoms with E-state index in [4.69, 9.17) is 0 Å². The van der Waals surface area contributed by atoms with Crippen molar-refractivity contribution in [3.63, 3.8) is 0 Å². The van der Waals surface area contributed by atoms with E-state index < -0.39 is 11.9 Å². The van der Waals surface area contributed by atoms with Crippen LogP contribution in [0, 0.1) is 0 Å². The molecule has 0 spiro atoms. The van der Waals surface area contributed by atoms with Crippen molar-refractivity contribution in [2.75, 3.05) is 31.1 Å². The van der Waals surface area contributed by atoms with Crippen molar-refractivity contribution in [3.05, 3.63) is 36.0 Å². The second kappa shape index (κ2) is 6.69. The van der Waals surface area contributed by atoms with Crippen LogP contribution >= 0.6 is 0 Å². The summed E-state index contributed by atoms with van der Waals surface area (Å²) in [6, 6.07) is 2.58. The molecule has 1 fully saturated rings. The summed E-state index contributed by atoms with van der Waals surface area (Å²) in [7, 11) is 1.73. The van der Waals surface area contributed by atoms with Gasteiger partial charge in [-0.05, 0) is 12.5 Å². The molecule has 1 aliphatic rings. The molecule has 1 saturated heterocycles. The van der Waals surface area contributed by atoms with Crippen LogP contribution in [0.25, 0.3) is 0 Å². The summed E-state index contributed by atoms with van der Waals surface area (Å²) in [5, 5.41) is 4.10. The molecule has 0 N–H and O–H groups in total. The van der Waals surface area contributed by atoms with E-state index in [0.29, 0.717) is 38.3 Å². The molecular formula is C15H17F3N6O. The smallest absolute Gasteiger partial charge is 0.355 e. The molecule has 0 saturated carbocycles. The third kappa shape index (κ3) is 3.89. The van der Waals surface area contributed by atoms with E-state index in [0.717, 1.165) is 12.4 Å². The summed E-state index contributed by atoms with van der Waals surface area (Å²) < 4.78 is 40.0. The highest BCUT2D eigenvalue weighted by Gasteiger charge is 2.33. The normalized spacial score (nSPS) is 16.0. The van der Waals surface area contributed by atoms with Crippen LogP contribution in [-0.4, -0.2) is 56.7 Å². The Morgan fingerprint density at radius 3 is 2.64 bits per heavy atom. The molecule has 3 rings (SSSR count). The highest BCUT2D eigenvalue weighted by atomic mass is 19.4. The van der Waals surface area contributed by atoms with Crippen LogP contribution in [0.1, 0.15) is 22.6 Å². The van der Waals surface area contributed by atoms with Gasteiger partial charge in [0.15, 0.2) is 0 Å². The molecule has 1 aliphatic heterocycles. The summed E-state index contributed by atoms with van der Waals surface area (Å²) in [6.45, 7) is 1.82. The van der Waals surface area contributed by atoms with Crippen molar-refractivity contribution in [3.8, 4) is 0 Å². The number of amides is 1. The first kappa shape index (κ1) is 17.2. The molecule has 0 bridgehead atoms. The number of carbonyl (C=O) groups excluding carboxylic acids is 1. The Labute approximate surface area is 142 Å². The predicted molar refractivity (Wildman–Crippen MR) is 83.0 cm³/mol. The third-order valence-corrected chi connectivity index (χ3v) is 3.98. The van der Waals surface area contributed by atoms with E-state index in [1.807, 2.05) is 0 Å². The van der Waals surface area contributed by atoms with Crippen molar-refractivity contribution < 1.29 is 18.0 Å². The summed E-state index contributed by atoms with van der Waals surface area (Å²) in [6.07, 6.45) is -1.27. The number of halogens is 3. The molecule has 0 unspecified atom stereocenters. The SMILES string of the molecule is Cn1ccc(C(=O)N2CCCN(c3cc(C(F)(F)F)ncn3)CC2)n1. The van der Waals surface area contributed by atoms with Gasteiger partial charge in [0.2, 0.25) is 0 Å². The first-order valence-corrected chi connectivity index (χ1v) is 7.78. The lowest BCUT2D eigenvalue weighted by atomic mass is 10.3. The summed E-state index contributed by atoms with van der Waals surface area (Å²) in [4.78, 5) is 23.1. The first-order chi connectivity index (χ1) is 11.8. The summed E-state index contributed by atoms with van der Waals surface area (Å²) >= 11 is 0. The molecule has 0 aromatic carbocycles. The number of aromatic nitrogens is 4. The zero-order valence-corrected chi connectivity index (χ0v) is 13.6. The predicted octanol–water partition coefficient (Wildman–Crippen LogP) is 1.58. The number of hydrogen-bond donors (Lipinski definition) is 0. The molecule has 2 aromatic heterocycles. The molecular weight excluding hydrogens is 337 g/mol. The molecule has 3 heterocycles. The molecule has 0 aliphatic carbocycles. The Kier molecular flexibility index (Phi) is 4.60. The fraction of sp³-hybridized carbons (Fsp3) is 0.467. The van der Waals surface area contributed by atoms with Crippen LogP contribution < -0.4 is 4.90 Å². The second-order valence-corrected chi connectivity index (χ2v) is 5.77. The summed E-state index contributed by atoms with van der Waals surface area (Å²) in [5.41, 5.74) is -0.611. The zero-order valence-electron chi connectivity index (χ0n) is 13.6. The average Bonchev–Trinajstić information content (AvgIpc) is 2.86. The average molecular weight is 354 g/mol. The maximum absolute atomic E-state index is 12.8. The van der Waals surface area contributed by atoms with Crippen LogP contribution in [0.2, 0.25) is 0 Å². The van der Waals surface area contributed by atoms with Gasteiger partial charge in [-0.2, -0.15) is 18.3 Å². The van der Waals surface area contributed by atoms with Crippen LogP contribution in [-0.2, 0) is 13.2 Å². The van der Waals surface area contributed by atoms with Crippen LogP contribution in [0.4, 0.5) is 19.0 Å². The number of anilines is 1. The molecule has 0 radical (unpaired) electrons. The number of nitrogens with zero attached hydrogens (tertiary/aromatic N) is 6. The van der Waals surface area contributed by atoms with Gasteiger partial charge in [0.1, 0.15) is 23.5 Å². The molecule has 1 amide bonds. The first-order valence-electron chi connectivity index (χ1n) is 7.78. The van der Waals surface area contributed by atoms with Crippen LogP contribution in [0.5, 0.6) is 0 Å². The lowest BCUT2D eigenvalue weighted by Gasteiger charge is -2.22. The van der Waals surface area contributed by atoms with Gasteiger partial charge in [-0.1, -0.05) is 0 Å². The van der Waals surface area contributed by atoms with Crippen LogP contribution in [0.3, 0.4) is 0 Å². The van der Waals surface area contributed by atoms with E-state index in [1.165, 1.54) is 0 Å². The van der Waals surface area contributed by atoms with E-state index in [2.05, 4.69) is 15.1 Å². The molecule has 10 heteroatoms. The largest absolute Gasteiger partial charge is 0.433 e. The Bertz CT molecular complexity index is 760. The third-order valence-electron chi connectivity index (χ3n) is 3.98. The minimum absolute atomic E-state index is 0.180. The highest BCUT2D eigenvalue weighted by Crippen LogP contribution is 2.29. The quantitative estimate of drug-likeness (QED) is 0.819. The maximum Gasteiger partial charge on any atom is 0.433 e. The van der Waals surface area contributed by atoms with Gasteiger partial charge in [0.05, 0.1) is 0 Å². The Balaban J connectivity index is 1.70. The fourth-order valence-electron chi connectivity index (χ4n) is 2.72. The van der Waals surface area contributed by atoms with Gasteiger partial charge in [-0.25, -0.2) is 9.97 Å². The van der Waals surface area contributed by atoms with Crippen LogP contribution in [0.15, 0.2) is 24.7 Å². The molecule has 2 aromatic rings. The van der Waals surface area contributed by atoms with Gasteiger partial charge in [-0.15, -0.1) is 0 Å². The van der Waals surface area contributed by atoms with Gasteiger partial charge < -0.3 is 9.80 Å². The van der Waals surface area contributed by atoms with Crippen molar-refractivity contribution in [1.82, 2.24) is 24.6 Å². The molecule has 0 atom stereocenters. The Morgan fingerprint density at radius 1 is 1.16 bits per heavy atom. The van der Waals surface area contributed by atoms with E-state index in [9.17, 15) is 18.0 Å². The maximum atomic E-state index is 12.8. The Hall–Kier alpha value is -2.65. The lowest BCUT2D eigenvalue weighted by Crippen LogP contribution is -2.35. The fourth-order valence-corrected chi connectivity index (χ4v) is 2.72. The van der Waals surface area contributed by atoms with Crippen molar-refractivity contribution in [2.45, 2.75) is 12.6 Å². The molecule has 7 nitrogen and oxygen atoms in total. The minimum Gasteiger partial charge on any atom is -0.355 e. The number of rotatable bonds is 2. The molecule has 25 heavy (non-hydrogen) atoms. The van der Waals surface area contributed by atoms with Gasteiger partial charge in [0, 0.05) is 45.5 Å². The topological polar surface area (TPSA) is 67.2 Å². The Morgan fingerprint density at radius 2 is 1.96 bits per heavy atom.